The van der Waals surface area contributed by atoms with Gasteiger partial charge in [-0.15, -0.1) is 0 Å². The number of pyridine rings is 1. The third-order valence-electron chi connectivity index (χ3n) is 4.02. The molecule has 0 saturated heterocycles. The number of benzene rings is 3. The van der Waals surface area contributed by atoms with Crippen molar-refractivity contribution in [2.75, 3.05) is 7.11 Å². The summed E-state index contributed by atoms with van der Waals surface area (Å²) in [4.78, 5) is 4.62. The van der Waals surface area contributed by atoms with Crippen molar-refractivity contribution in [3.63, 3.8) is 0 Å². The molecular formula is C20H15NO. The lowest BCUT2D eigenvalue weighted by molar-refractivity contribution is 0.420. The molecule has 0 saturated carbocycles. The van der Waals surface area contributed by atoms with Gasteiger partial charge in [0.05, 0.1) is 12.6 Å². The zero-order valence-corrected chi connectivity index (χ0v) is 12.3. The van der Waals surface area contributed by atoms with Gasteiger partial charge in [-0.3, -0.25) is 4.98 Å². The summed E-state index contributed by atoms with van der Waals surface area (Å²) < 4.78 is 5.54. The van der Waals surface area contributed by atoms with E-state index in [1.807, 2.05) is 24.4 Å². The molecule has 0 fully saturated rings. The molecule has 0 bridgehead atoms. The van der Waals surface area contributed by atoms with E-state index in [2.05, 4.69) is 53.5 Å². The van der Waals surface area contributed by atoms with E-state index in [4.69, 9.17) is 4.74 Å². The van der Waals surface area contributed by atoms with Crippen LogP contribution in [-0.4, -0.2) is 12.1 Å². The van der Waals surface area contributed by atoms with E-state index >= 15 is 0 Å². The van der Waals surface area contributed by atoms with Gasteiger partial charge >= 0.3 is 0 Å². The summed E-state index contributed by atoms with van der Waals surface area (Å²) in [6.07, 6.45) is 1.84. The van der Waals surface area contributed by atoms with Gasteiger partial charge in [0, 0.05) is 22.4 Å². The lowest BCUT2D eigenvalue weighted by Gasteiger charge is -2.12. The fourth-order valence-electron chi connectivity index (χ4n) is 2.99. The number of rotatable bonds is 2. The maximum atomic E-state index is 5.54. The minimum atomic E-state index is 0.877. The first-order valence-corrected chi connectivity index (χ1v) is 7.28. The molecule has 2 heteroatoms. The minimum absolute atomic E-state index is 0.877. The van der Waals surface area contributed by atoms with Crippen LogP contribution < -0.4 is 4.74 Å². The van der Waals surface area contributed by atoms with Crippen molar-refractivity contribution < 1.29 is 4.74 Å². The van der Waals surface area contributed by atoms with Crippen LogP contribution in [0.25, 0.3) is 32.8 Å². The Bertz CT molecular complexity index is 961. The van der Waals surface area contributed by atoms with Gasteiger partial charge in [-0.2, -0.15) is 0 Å². The summed E-state index contributed by atoms with van der Waals surface area (Å²) in [7, 11) is 1.71. The Morgan fingerprint density at radius 1 is 0.818 bits per heavy atom. The van der Waals surface area contributed by atoms with Crippen LogP contribution in [0.3, 0.4) is 0 Å². The van der Waals surface area contributed by atoms with Gasteiger partial charge in [0.1, 0.15) is 5.75 Å². The first-order chi connectivity index (χ1) is 10.9. The van der Waals surface area contributed by atoms with Crippen molar-refractivity contribution in [1.29, 1.82) is 0 Å². The van der Waals surface area contributed by atoms with Crippen LogP contribution in [0.2, 0.25) is 0 Å². The van der Waals surface area contributed by atoms with Crippen LogP contribution in [0.5, 0.6) is 5.75 Å². The molecule has 22 heavy (non-hydrogen) atoms. The fraction of sp³-hybridized carbons (Fsp3) is 0.0500. The number of nitrogens with zero attached hydrogens (tertiary/aromatic N) is 1. The summed E-state index contributed by atoms with van der Waals surface area (Å²) in [5, 5.41) is 3.37. The standard InChI is InChI=1S/C20H15NO/c1-22-18-12-11-16(14-6-3-2-4-7-14)19-17(18)10-9-15-8-5-13-21-20(15)19/h2-13H,1H3. The summed E-state index contributed by atoms with van der Waals surface area (Å²) in [5.74, 6) is 0.877. The van der Waals surface area contributed by atoms with Crippen LogP contribution in [0.15, 0.2) is 72.9 Å². The number of fused-ring (bicyclic) bond motifs is 3. The molecule has 0 unspecified atom stereocenters. The van der Waals surface area contributed by atoms with Crippen molar-refractivity contribution in [2.24, 2.45) is 0 Å². The number of aromatic nitrogens is 1. The second kappa shape index (κ2) is 5.15. The Balaban J connectivity index is 2.20. The highest BCUT2D eigenvalue weighted by Gasteiger charge is 2.12. The molecule has 3 aromatic carbocycles. The fourth-order valence-corrected chi connectivity index (χ4v) is 2.99. The molecule has 4 aromatic rings. The SMILES string of the molecule is COc1ccc(-c2ccccc2)c2c1ccc1cccnc12. The highest BCUT2D eigenvalue weighted by molar-refractivity contribution is 6.14. The van der Waals surface area contributed by atoms with Crippen LogP contribution in [-0.2, 0) is 0 Å². The molecule has 2 nitrogen and oxygen atoms in total. The Morgan fingerprint density at radius 2 is 1.68 bits per heavy atom. The highest BCUT2D eigenvalue weighted by Crippen LogP contribution is 2.37. The Hall–Kier alpha value is -2.87. The normalized spacial score (nSPS) is 11.0. The maximum absolute atomic E-state index is 5.54. The molecule has 0 aliphatic heterocycles. The molecule has 0 aliphatic carbocycles. The smallest absolute Gasteiger partial charge is 0.126 e. The first kappa shape index (κ1) is 12.8. The average Bonchev–Trinajstić information content (AvgIpc) is 2.61. The Morgan fingerprint density at radius 3 is 2.50 bits per heavy atom. The van der Waals surface area contributed by atoms with E-state index in [0.717, 1.165) is 27.4 Å². The number of hydrogen-bond donors (Lipinski definition) is 0. The number of methoxy groups -OCH3 is 1. The topological polar surface area (TPSA) is 22.1 Å². The molecule has 0 atom stereocenters. The molecule has 106 valence electrons. The largest absolute Gasteiger partial charge is 0.496 e. The quantitative estimate of drug-likeness (QED) is 0.480. The van der Waals surface area contributed by atoms with E-state index in [9.17, 15) is 0 Å². The van der Waals surface area contributed by atoms with E-state index in [1.165, 1.54) is 11.1 Å². The summed E-state index contributed by atoms with van der Waals surface area (Å²) in [6, 6.07) is 22.8. The predicted molar refractivity (Wildman–Crippen MR) is 91.2 cm³/mol. The van der Waals surface area contributed by atoms with Crippen molar-refractivity contribution >= 4 is 21.7 Å². The third-order valence-corrected chi connectivity index (χ3v) is 4.02. The average molecular weight is 285 g/mol. The molecule has 0 amide bonds. The third kappa shape index (κ3) is 1.92. The second-order valence-corrected chi connectivity index (χ2v) is 5.24. The summed E-state index contributed by atoms with van der Waals surface area (Å²) >= 11 is 0. The van der Waals surface area contributed by atoms with E-state index < -0.39 is 0 Å². The molecular weight excluding hydrogens is 270 g/mol. The second-order valence-electron chi connectivity index (χ2n) is 5.24. The van der Waals surface area contributed by atoms with Crippen molar-refractivity contribution in [1.82, 2.24) is 4.98 Å². The number of hydrogen-bond acceptors (Lipinski definition) is 2. The van der Waals surface area contributed by atoms with Gasteiger partial charge in [-0.25, -0.2) is 0 Å². The van der Waals surface area contributed by atoms with Crippen molar-refractivity contribution in [2.45, 2.75) is 0 Å². The van der Waals surface area contributed by atoms with Gasteiger partial charge in [0.15, 0.2) is 0 Å². The van der Waals surface area contributed by atoms with Gasteiger partial charge in [0.2, 0.25) is 0 Å². The molecule has 0 radical (unpaired) electrons. The maximum Gasteiger partial charge on any atom is 0.126 e. The predicted octanol–water partition coefficient (Wildman–Crippen LogP) is 5.06. The molecule has 0 aliphatic rings. The Kier molecular flexibility index (Phi) is 3.01. The Labute approximate surface area is 129 Å². The molecule has 0 spiro atoms. The van der Waals surface area contributed by atoms with E-state index in [-0.39, 0.29) is 0 Å². The molecule has 1 aromatic heterocycles. The van der Waals surface area contributed by atoms with Gasteiger partial charge in [-0.1, -0.05) is 42.5 Å². The van der Waals surface area contributed by atoms with Gasteiger partial charge in [-0.05, 0) is 35.4 Å². The van der Waals surface area contributed by atoms with Crippen molar-refractivity contribution in [3.8, 4) is 16.9 Å². The monoisotopic (exact) mass is 285 g/mol. The summed E-state index contributed by atoms with van der Waals surface area (Å²) in [6.45, 7) is 0. The molecule has 1 heterocycles. The lowest BCUT2D eigenvalue weighted by atomic mass is 9.95. The number of ether oxygens (including phenoxy) is 1. The van der Waals surface area contributed by atoms with E-state index in [0.29, 0.717) is 0 Å². The minimum Gasteiger partial charge on any atom is -0.496 e. The van der Waals surface area contributed by atoms with Crippen LogP contribution in [0.1, 0.15) is 0 Å². The summed E-state index contributed by atoms with van der Waals surface area (Å²) in [5.41, 5.74) is 3.38. The van der Waals surface area contributed by atoms with Crippen LogP contribution in [0, 0.1) is 0 Å². The van der Waals surface area contributed by atoms with Crippen LogP contribution >= 0.6 is 0 Å². The van der Waals surface area contributed by atoms with Gasteiger partial charge in [0.25, 0.3) is 0 Å². The highest BCUT2D eigenvalue weighted by atomic mass is 16.5. The molecule has 4 rings (SSSR count). The first-order valence-electron chi connectivity index (χ1n) is 7.28. The molecule has 0 N–H and O–H groups in total. The zero-order chi connectivity index (χ0) is 14.9. The van der Waals surface area contributed by atoms with E-state index in [1.54, 1.807) is 7.11 Å². The van der Waals surface area contributed by atoms with Crippen molar-refractivity contribution in [3.05, 3.63) is 72.9 Å². The van der Waals surface area contributed by atoms with Gasteiger partial charge < -0.3 is 4.74 Å². The zero-order valence-electron chi connectivity index (χ0n) is 12.3. The lowest BCUT2D eigenvalue weighted by Crippen LogP contribution is -1.90. The van der Waals surface area contributed by atoms with Crippen LogP contribution in [0.4, 0.5) is 0 Å².